The number of hydrogen-bond donors (Lipinski definition) is 2. The van der Waals surface area contributed by atoms with Crippen LogP contribution in [0.25, 0.3) is 0 Å². The van der Waals surface area contributed by atoms with Gasteiger partial charge in [0.15, 0.2) is 9.99 Å². The second-order valence-electron chi connectivity index (χ2n) is 1.68. The van der Waals surface area contributed by atoms with Crippen molar-refractivity contribution in [2.75, 3.05) is 14.1 Å². The van der Waals surface area contributed by atoms with Crippen LogP contribution in [0.3, 0.4) is 0 Å². The first-order chi connectivity index (χ1) is 3.42. The molecule has 0 bridgehead atoms. The van der Waals surface area contributed by atoms with Gasteiger partial charge in [0.05, 0.1) is 5.49 Å². The van der Waals surface area contributed by atoms with Gasteiger partial charge in [-0.2, -0.15) is 0 Å². The van der Waals surface area contributed by atoms with E-state index in [-0.39, 0.29) is 0 Å². The van der Waals surface area contributed by atoms with E-state index in [2.05, 4.69) is 0 Å². The molecule has 0 heterocycles. The normalized spacial score (nSPS) is 18.1. The number of hydrogen-bond acceptors (Lipinski definition) is 1. The first-order valence-electron chi connectivity index (χ1n) is 1.97. The Hall–Kier alpha value is -0.100. The van der Waals surface area contributed by atoms with Crippen LogP contribution in [0.2, 0.25) is 0 Å². The van der Waals surface area contributed by atoms with Gasteiger partial charge >= 0.3 is 0 Å². The van der Waals surface area contributed by atoms with Gasteiger partial charge in [-0.15, -0.1) is 0 Å². The van der Waals surface area contributed by atoms with E-state index >= 15 is 0 Å². The van der Waals surface area contributed by atoms with E-state index in [0.717, 1.165) is 5.49 Å². The minimum atomic E-state index is -3.17. The van der Waals surface area contributed by atoms with E-state index < -0.39 is 9.99 Å². The molecular formula is C3H10N2O2S. The maximum absolute atomic E-state index is 10.2. The molecule has 0 aliphatic heterocycles. The molecule has 0 saturated heterocycles. The quantitative estimate of drug-likeness (QED) is 0.454. The average Bonchev–Trinajstić information content (AvgIpc) is 1.21. The summed E-state index contributed by atoms with van der Waals surface area (Å²) in [6, 6.07) is 0. The fourth-order valence-corrected chi connectivity index (χ4v) is 0.906. The SMILES string of the molecule is CN(C)C=S(N)(=O)O. The second kappa shape index (κ2) is 2.45. The molecular weight excluding hydrogens is 128 g/mol. The molecule has 8 heavy (non-hydrogen) atoms. The zero-order chi connectivity index (χ0) is 6.78. The number of nitrogens with zero attached hydrogens (tertiary/aromatic N) is 1. The molecule has 0 rings (SSSR count). The highest BCUT2D eigenvalue weighted by molar-refractivity contribution is 7.93. The van der Waals surface area contributed by atoms with Gasteiger partial charge in [0.25, 0.3) is 0 Å². The van der Waals surface area contributed by atoms with Gasteiger partial charge in [0.2, 0.25) is 0 Å². The molecule has 0 fully saturated rings. The lowest BCUT2D eigenvalue weighted by molar-refractivity contribution is 0.555. The summed E-state index contributed by atoms with van der Waals surface area (Å²) in [5, 5.41) is 4.72. The Morgan fingerprint density at radius 1 is 1.75 bits per heavy atom. The molecule has 0 amide bonds. The molecule has 0 aliphatic carbocycles. The zero-order valence-corrected chi connectivity index (χ0v) is 5.68. The van der Waals surface area contributed by atoms with Crippen LogP contribution in [0.4, 0.5) is 0 Å². The van der Waals surface area contributed by atoms with Gasteiger partial charge in [0.1, 0.15) is 0 Å². The fourth-order valence-electron chi connectivity index (χ4n) is 0.302. The molecule has 0 aromatic carbocycles. The summed E-state index contributed by atoms with van der Waals surface area (Å²) in [6.07, 6.45) is 0. The van der Waals surface area contributed by atoms with Crippen molar-refractivity contribution < 1.29 is 8.76 Å². The Kier molecular flexibility index (Phi) is 2.42. The van der Waals surface area contributed by atoms with E-state index in [1.54, 1.807) is 14.1 Å². The summed E-state index contributed by atoms with van der Waals surface area (Å²) in [7, 11) is 0.0830. The monoisotopic (exact) mass is 138 g/mol. The van der Waals surface area contributed by atoms with Crippen molar-refractivity contribution in [2.45, 2.75) is 0 Å². The summed E-state index contributed by atoms with van der Waals surface area (Å²) in [4.78, 5) is 1.43. The van der Waals surface area contributed by atoms with Crippen molar-refractivity contribution in [1.29, 1.82) is 0 Å². The molecule has 0 saturated carbocycles. The van der Waals surface area contributed by atoms with Crippen molar-refractivity contribution in [1.82, 2.24) is 4.90 Å². The van der Waals surface area contributed by atoms with Crippen molar-refractivity contribution in [3.8, 4) is 0 Å². The zero-order valence-electron chi connectivity index (χ0n) is 4.87. The van der Waals surface area contributed by atoms with Crippen LogP contribution >= 0.6 is 0 Å². The predicted octanol–water partition coefficient (Wildman–Crippen LogP) is -1.06. The topological polar surface area (TPSA) is 66.6 Å². The molecule has 0 aliphatic rings. The van der Waals surface area contributed by atoms with Crippen molar-refractivity contribution in [3.63, 3.8) is 0 Å². The van der Waals surface area contributed by atoms with Gasteiger partial charge in [0, 0.05) is 0 Å². The van der Waals surface area contributed by atoms with E-state index in [1.165, 1.54) is 4.90 Å². The van der Waals surface area contributed by atoms with Crippen LogP contribution in [-0.4, -0.2) is 33.2 Å². The summed E-state index contributed by atoms with van der Waals surface area (Å²) < 4.78 is 18.6. The van der Waals surface area contributed by atoms with Crippen molar-refractivity contribution in [2.24, 2.45) is 5.14 Å². The Labute approximate surface area is 49.3 Å². The summed E-state index contributed by atoms with van der Waals surface area (Å²) in [5.74, 6) is 0. The maximum atomic E-state index is 10.2. The molecule has 0 aromatic heterocycles. The highest BCUT2D eigenvalue weighted by Gasteiger charge is 1.88. The second-order valence-corrected chi connectivity index (χ2v) is 3.12. The van der Waals surface area contributed by atoms with Gasteiger partial charge in [-0.25, -0.2) is 9.35 Å². The summed E-state index contributed by atoms with van der Waals surface area (Å²) >= 11 is 0. The Morgan fingerprint density at radius 3 is 2.12 bits per heavy atom. The lowest BCUT2D eigenvalue weighted by Crippen LogP contribution is -2.22. The predicted molar refractivity (Wildman–Crippen MR) is 34.7 cm³/mol. The van der Waals surface area contributed by atoms with Crippen LogP contribution in [0.5, 0.6) is 0 Å². The highest BCUT2D eigenvalue weighted by atomic mass is 32.2. The molecule has 0 spiro atoms. The summed E-state index contributed by atoms with van der Waals surface area (Å²) in [5.41, 5.74) is 1.05. The third-order valence-electron chi connectivity index (χ3n) is 0.362. The van der Waals surface area contributed by atoms with E-state index in [0.29, 0.717) is 0 Å². The van der Waals surface area contributed by atoms with Gasteiger partial charge in [-0.1, -0.05) is 0 Å². The highest BCUT2D eigenvalue weighted by Crippen LogP contribution is 1.69. The molecule has 5 heteroatoms. The number of rotatable bonds is 1. The maximum Gasteiger partial charge on any atom is 0.153 e. The Morgan fingerprint density at radius 2 is 2.12 bits per heavy atom. The van der Waals surface area contributed by atoms with Crippen LogP contribution in [-0.2, 0) is 9.99 Å². The smallest absolute Gasteiger partial charge is 0.153 e. The first-order valence-corrected chi connectivity index (χ1v) is 3.61. The third kappa shape index (κ3) is 5.90. The van der Waals surface area contributed by atoms with Crippen molar-refractivity contribution >= 4 is 15.5 Å². The Bertz CT molecular complexity index is 160. The van der Waals surface area contributed by atoms with Crippen LogP contribution in [0, 0.1) is 0 Å². The molecule has 3 N–H and O–H groups in total. The molecule has 0 aromatic rings. The van der Waals surface area contributed by atoms with Crippen LogP contribution < -0.4 is 5.14 Å². The van der Waals surface area contributed by atoms with E-state index in [1.807, 2.05) is 0 Å². The van der Waals surface area contributed by atoms with Gasteiger partial charge in [-0.05, 0) is 14.1 Å². The van der Waals surface area contributed by atoms with Crippen molar-refractivity contribution in [3.05, 3.63) is 0 Å². The molecule has 50 valence electrons. The van der Waals surface area contributed by atoms with Crippen LogP contribution in [0.15, 0.2) is 0 Å². The average molecular weight is 138 g/mol. The molecule has 1 unspecified atom stereocenters. The fraction of sp³-hybridized carbons (Fsp3) is 0.667. The van der Waals surface area contributed by atoms with Gasteiger partial charge < -0.3 is 4.55 Å². The standard InChI is InChI=1S/C3H10N2O2S/c1-5(2)3-8(4,6)7/h3H,1-2H3,(H3,4,6,7). The van der Waals surface area contributed by atoms with E-state index in [4.69, 9.17) is 9.69 Å². The minimum absolute atomic E-state index is 1.05. The number of nitrogens with two attached hydrogens (primary N) is 1. The lowest BCUT2D eigenvalue weighted by atomic mass is 11.0. The largest absolute Gasteiger partial charge is 0.302 e. The lowest BCUT2D eigenvalue weighted by Gasteiger charge is -2.00. The summed E-state index contributed by atoms with van der Waals surface area (Å²) in [6.45, 7) is 0. The first kappa shape index (κ1) is 7.90. The molecule has 0 radical (unpaired) electrons. The Balaban J connectivity index is 4.19. The minimum Gasteiger partial charge on any atom is -0.302 e. The molecule has 4 nitrogen and oxygen atoms in total. The third-order valence-corrected chi connectivity index (χ3v) is 1.09. The van der Waals surface area contributed by atoms with Gasteiger partial charge in [-0.3, -0.25) is 4.90 Å². The van der Waals surface area contributed by atoms with Crippen LogP contribution in [0.1, 0.15) is 0 Å². The molecule has 1 atom stereocenters. The van der Waals surface area contributed by atoms with E-state index in [9.17, 15) is 4.21 Å².